The van der Waals surface area contributed by atoms with Crippen molar-refractivity contribution in [3.05, 3.63) is 231 Å². The summed E-state index contributed by atoms with van der Waals surface area (Å²) >= 11 is 0. The number of rotatable bonds is 10. The number of nitrogens with zero attached hydrogens (tertiary/aromatic N) is 8. The van der Waals surface area contributed by atoms with Crippen LogP contribution in [0.1, 0.15) is 0 Å². The standard InChI is InChI=1S/C58H38N8/c1-6-16-39(17-7-1)48-34-53(61-54(35-48)50-33-31-47(38-60-50)52-36-51(41-18-8-2-9-19-41)62-55(63-52)42-20-10-3-11-21-42)49-32-30-46(37-59-49)40-26-28-45(29-27-40)58-65-56(43-22-12-4-13-23-43)64-57(66-58)44-24-14-5-15-25-44/h1-38H. The van der Waals surface area contributed by atoms with Gasteiger partial charge in [-0.2, -0.15) is 0 Å². The summed E-state index contributed by atoms with van der Waals surface area (Å²) in [6.45, 7) is 0. The molecule has 8 heteroatoms. The molecule has 0 saturated carbocycles. The third-order valence-corrected chi connectivity index (χ3v) is 11.3. The highest BCUT2D eigenvalue weighted by atomic mass is 15.0. The van der Waals surface area contributed by atoms with Gasteiger partial charge in [0.05, 0.1) is 34.2 Å². The van der Waals surface area contributed by atoms with E-state index in [0.717, 1.165) is 89.8 Å². The molecule has 310 valence electrons. The van der Waals surface area contributed by atoms with Crippen LogP contribution in [-0.2, 0) is 0 Å². The van der Waals surface area contributed by atoms with Gasteiger partial charge in [0.1, 0.15) is 0 Å². The van der Waals surface area contributed by atoms with Gasteiger partial charge in [-0.05, 0) is 53.1 Å². The van der Waals surface area contributed by atoms with E-state index in [1.807, 2.05) is 176 Å². The third-order valence-electron chi connectivity index (χ3n) is 11.3. The number of pyridine rings is 3. The average Bonchev–Trinajstić information content (AvgIpc) is 3.42. The maximum Gasteiger partial charge on any atom is 0.164 e. The highest BCUT2D eigenvalue weighted by Crippen LogP contribution is 2.33. The van der Waals surface area contributed by atoms with E-state index in [0.29, 0.717) is 23.3 Å². The van der Waals surface area contributed by atoms with Crippen LogP contribution < -0.4 is 0 Å². The summed E-state index contributed by atoms with van der Waals surface area (Å²) in [6, 6.07) is 73.1. The molecule has 0 atom stereocenters. The lowest BCUT2D eigenvalue weighted by Crippen LogP contribution is -2.00. The van der Waals surface area contributed by atoms with E-state index in [-0.39, 0.29) is 0 Å². The Hall–Kier alpha value is -9.14. The van der Waals surface area contributed by atoms with E-state index in [1.54, 1.807) is 0 Å². The summed E-state index contributed by atoms with van der Waals surface area (Å²) in [6.07, 6.45) is 3.76. The van der Waals surface area contributed by atoms with Crippen molar-refractivity contribution in [1.29, 1.82) is 0 Å². The van der Waals surface area contributed by atoms with Crippen LogP contribution in [0.15, 0.2) is 231 Å². The first-order valence-corrected chi connectivity index (χ1v) is 21.7. The molecule has 66 heavy (non-hydrogen) atoms. The fourth-order valence-electron chi connectivity index (χ4n) is 7.82. The molecule has 0 aliphatic rings. The molecule has 0 unspecified atom stereocenters. The second-order valence-corrected chi connectivity index (χ2v) is 15.7. The topological polar surface area (TPSA) is 103 Å². The molecule has 0 saturated heterocycles. The van der Waals surface area contributed by atoms with Crippen LogP contribution in [0.2, 0.25) is 0 Å². The number of hydrogen-bond acceptors (Lipinski definition) is 8. The molecule has 5 heterocycles. The summed E-state index contributed by atoms with van der Waals surface area (Å²) in [7, 11) is 0. The Morgan fingerprint density at radius 2 is 0.515 bits per heavy atom. The quantitative estimate of drug-likeness (QED) is 0.134. The molecular formula is C58H38N8. The van der Waals surface area contributed by atoms with Crippen LogP contribution in [-0.4, -0.2) is 39.9 Å². The monoisotopic (exact) mass is 846 g/mol. The summed E-state index contributed by atoms with van der Waals surface area (Å²) < 4.78 is 0. The van der Waals surface area contributed by atoms with Crippen molar-refractivity contribution in [2.24, 2.45) is 0 Å². The predicted octanol–water partition coefficient (Wildman–Crippen LogP) is 13.5. The van der Waals surface area contributed by atoms with Gasteiger partial charge >= 0.3 is 0 Å². The number of benzene rings is 6. The molecule has 0 spiro atoms. The minimum absolute atomic E-state index is 0.607. The zero-order valence-electron chi connectivity index (χ0n) is 35.5. The largest absolute Gasteiger partial charge is 0.254 e. The first kappa shape index (κ1) is 39.7. The van der Waals surface area contributed by atoms with Gasteiger partial charge in [0, 0.05) is 51.3 Å². The van der Waals surface area contributed by atoms with Crippen molar-refractivity contribution >= 4 is 0 Å². The first-order chi connectivity index (χ1) is 32.7. The van der Waals surface area contributed by atoms with Crippen LogP contribution in [0.4, 0.5) is 0 Å². The van der Waals surface area contributed by atoms with E-state index in [9.17, 15) is 0 Å². The van der Waals surface area contributed by atoms with Gasteiger partial charge in [0.25, 0.3) is 0 Å². The first-order valence-electron chi connectivity index (χ1n) is 21.7. The van der Waals surface area contributed by atoms with Crippen molar-refractivity contribution < 1.29 is 0 Å². The van der Waals surface area contributed by atoms with Crippen molar-refractivity contribution in [2.45, 2.75) is 0 Å². The van der Waals surface area contributed by atoms with Crippen LogP contribution in [0.3, 0.4) is 0 Å². The molecule has 8 nitrogen and oxygen atoms in total. The Morgan fingerprint density at radius 1 is 0.182 bits per heavy atom. The minimum atomic E-state index is 0.607. The van der Waals surface area contributed by atoms with Gasteiger partial charge in [-0.15, -0.1) is 0 Å². The average molecular weight is 847 g/mol. The Morgan fingerprint density at radius 3 is 0.955 bits per heavy atom. The SMILES string of the molecule is c1ccc(-c2cc(-c3ccc(-c4ccc(-c5nc(-c6ccccc6)nc(-c6ccccc6)n5)cc4)cn3)nc(-c3ccc(-c4cc(-c5ccccc5)nc(-c5ccccc5)n4)cn3)c2)cc1. The maximum atomic E-state index is 5.15. The molecule has 0 aliphatic carbocycles. The molecule has 0 amide bonds. The minimum Gasteiger partial charge on any atom is -0.254 e. The Kier molecular flexibility index (Phi) is 10.8. The van der Waals surface area contributed by atoms with E-state index in [4.69, 9.17) is 39.9 Å². The van der Waals surface area contributed by atoms with Crippen molar-refractivity contribution in [3.63, 3.8) is 0 Å². The lowest BCUT2D eigenvalue weighted by molar-refractivity contribution is 1.07. The number of hydrogen-bond donors (Lipinski definition) is 0. The normalized spacial score (nSPS) is 11.0. The predicted molar refractivity (Wildman–Crippen MR) is 263 cm³/mol. The van der Waals surface area contributed by atoms with Gasteiger partial charge < -0.3 is 0 Å². The van der Waals surface area contributed by atoms with E-state index in [1.165, 1.54) is 0 Å². The smallest absolute Gasteiger partial charge is 0.164 e. The van der Waals surface area contributed by atoms with Gasteiger partial charge in [0.2, 0.25) is 0 Å². The Labute approximate surface area is 382 Å². The van der Waals surface area contributed by atoms with Crippen LogP contribution in [0.25, 0.3) is 113 Å². The zero-order valence-corrected chi connectivity index (χ0v) is 35.5. The van der Waals surface area contributed by atoms with E-state index >= 15 is 0 Å². The van der Waals surface area contributed by atoms with Crippen LogP contribution in [0.5, 0.6) is 0 Å². The van der Waals surface area contributed by atoms with Crippen LogP contribution in [0, 0.1) is 0 Å². The molecule has 0 radical (unpaired) electrons. The van der Waals surface area contributed by atoms with Gasteiger partial charge in [-0.25, -0.2) is 29.9 Å². The van der Waals surface area contributed by atoms with Crippen molar-refractivity contribution in [1.82, 2.24) is 39.9 Å². The summed E-state index contributed by atoms with van der Waals surface area (Å²) in [5, 5.41) is 0. The third kappa shape index (κ3) is 8.50. The fourth-order valence-corrected chi connectivity index (χ4v) is 7.82. The van der Waals surface area contributed by atoms with Gasteiger partial charge in [0.15, 0.2) is 23.3 Å². The number of aromatic nitrogens is 8. The zero-order chi connectivity index (χ0) is 44.1. The van der Waals surface area contributed by atoms with Crippen LogP contribution >= 0.6 is 0 Å². The lowest BCUT2D eigenvalue weighted by atomic mass is 10.0. The second-order valence-electron chi connectivity index (χ2n) is 15.7. The molecule has 11 rings (SSSR count). The van der Waals surface area contributed by atoms with E-state index in [2.05, 4.69) is 54.6 Å². The molecule has 5 aromatic heterocycles. The fraction of sp³-hybridized carbons (Fsp3) is 0. The highest BCUT2D eigenvalue weighted by molar-refractivity contribution is 5.78. The molecule has 0 N–H and O–H groups in total. The van der Waals surface area contributed by atoms with Crippen molar-refractivity contribution in [3.8, 4) is 113 Å². The Balaban J connectivity index is 0.899. The lowest BCUT2D eigenvalue weighted by Gasteiger charge is -2.11. The van der Waals surface area contributed by atoms with E-state index < -0.39 is 0 Å². The highest BCUT2D eigenvalue weighted by Gasteiger charge is 2.16. The molecule has 6 aromatic carbocycles. The molecule has 0 fully saturated rings. The second kappa shape index (κ2) is 17.9. The van der Waals surface area contributed by atoms with Gasteiger partial charge in [-0.1, -0.05) is 182 Å². The maximum absolute atomic E-state index is 5.15. The summed E-state index contributed by atoms with van der Waals surface area (Å²) in [5.74, 6) is 2.52. The molecule has 11 aromatic rings. The molecule has 0 bridgehead atoms. The molecule has 0 aliphatic heterocycles. The summed E-state index contributed by atoms with van der Waals surface area (Å²) in [5.41, 5.74) is 14.3. The van der Waals surface area contributed by atoms with Crippen molar-refractivity contribution in [2.75, 3.05) is 0 Å². The van der Waals surface area contributed by atoms with Gasteiger partial charge in [-0.3, -0.25) is 9.97 Å². The molecular weight excluding hydrogens is 809 g/mol. The Bertz CT molecular complexity index is 3290. The summed E-state index contributed by atoms with van der Waals surface area (Å²) in [4.78, 5) is 39.7.